The molecule has 0 spiro atoms. The van der Waals surface area contributed by atoms with E-state index >= 15 is 0 Å². The standard InChI is InChI=1S/C8H16O5/c1-7(11,5-10)8(2,12)6(4-9)13-3/h5-6,9,11-12H,4H2,1-3H3/t6-,7+,8+/m1/s1. The minimum Gasteiger partial charge on any atom is -0.394 e. The number of ether oxygens (including phenoxy) is 1. The fourth-order valence-electron chi connectivity index (χ4n) is 0.927. The van der Waals surface area contributed by atoms with Gasteiger partial charge in [0.25, 0.3) is 0 Å². The molecule has 0 aromatic carbocycles. The van der Waals surface area contributed by atoms with Crippen LogP contribution in [0, 0.1) is 0 Å². The van der Waals surface area contributed by atoms with Gasteiger partial charge in [-0.05, 0) is 13.8 Å². The fraction of sp³-hybridized carbons (Fsp3) is 0.875. The van der Waals surface area contributed by atoms with E-state index in [9.17, 15) is 15.0 Å². The molecule has 0 aliphatic heterocycles. The second-order valence-electron chi connectivity index (χ2n) is 3.32. The highest BCUT2D eigenvalue weighted by atomic mass is 16.5. The molecular formula is C8H16O5. The van der Waals surface area contributed by atoms with Crippen LogP contribution in [-0.2, 0) is 9.53 Å². The maximum atomic E-state index is 10.5. The second-order valence-corrected chi connectivity index (χ2v) is 3.32. The molecule has 78 valence electrons. The van der Waals surface area contributed by atoms with Crippen LogP contribution in [0.25, 0.3) is 0 Å². The first kappa shape index (κ1) is 12.5. The molecule has 13 heavy (non-hydrogen) atoms. The number of aliphatic hydroxyl groups is 3. The SMILES string of the molecule is CO[C@H](CO)[C@](C)(O)[C@@](C)(O)C=O. The summed E-state index contributed by atoms with van der Waals surface area (Å²) in [5, 5.41) is 28.0. The monoisotopic (exact) mass is 192 g/mol. The van der Waals surface area contributed by atoms with Gasteiger partial charge in [-0.25, -0.2) is 0 Å². The first-order valence-electron chi connectivity index (χ1n) is 3.88. The summed E-state index contributed by atoms with van der Waals surface area (Å²) in [6.45, 7) is 1.90. The van der Waals surface area contributed by atoms with Gasteiger partial charge in [0.05, 0.1) is 6.61 Å². The minimum atomic E-state index is -1.95. The Kier molecular flexibility index (Phi) is 3.99. The molecule has 3 atom stereocenters. The molecule has 5 heteroatoms. The van der Waals surface area contributed by atoms with Crippen molar-refractivity contribution in [1.29, 1.82) is 0 Å². The Balaban J connectivity index is 4.81. The van der Waals surface area contributed by atoms with Gasteiger partial charge in [-0.2, -0.15) is 0 Å². The molecule has 0 heterocycles. The van der Waals surface area contributed by atoms with Crippen LogP contribution in [0.5, 0.6) is 0 Å². The quantitative estimate of drug-likeness (QED) is 0.471. The molecule has 0 aromatic rings. The van der Waals surface area contributed by atoms with E-state index < -0.39 is 23.9 Å². The normalized spacial score (nSPS) is 22.9. The lowest BCUT2D eigenvalue weighted by Gasteiger charge is -2.38. The lowest BCUT2D eigenvalue weighted by Crippen LogP contribution is -2.60. The smallest absolute Gasteiger partial charge is 0.154 e. The summed E-state index contributed by atoms with van der Waals surface area (Å²) in [6, 6.07) is 0. The molecule has 0 saturated heterocycles. The predicted octanol–water partition coefficient (Wildman–Crippen LogP) is -1.31. The number of carbonyl (C=O) groups is 1. The van der Waals surface area contributed by atoms with Crippen LogP contribution in [0.3, 0.4) is 0 Å². The van der Waals surface area contributed by atoms with E-state index in [0.29, 0.717) is 0 Å². The van der Waals surface area contributed by atoms with Gasteiger partial charge in [-0.15, -0.1) is 0 Å². The zero-order chi connectivity index (χ0) is 10.7. The topological polar surface area (TPSA) is 87.0 Å². The lowest BCUT2D eigenvalue weighted by molar-refractivity contribution is -0.194. The third-order valence-corrected chi connectivity index (χ3v) is 2.33. The third kappa shape index (κ3) is 2.25. The molecule has 0 saturated carbocycles. The Morgan fingerprint density at radius 2 is 1.92 bits per heavy atom. The highest BCUT2D eigenvalue weighted by Gasteiger charge is 2.48. The molecule has 0 aromatic heterocycles. The van der Waals surface area contributed by atoms with Crippen LogP contribution in [0.2, 0.25) is 0 Å². The van der Waals surface area contributed by atoms with Crippen LogP contribution in [0.1, 0.15) is 13.8 Å². The average molecular weight is 192 g/mol. The van der Waals surface area contributed by atoms with Crippen molar-refractivity contribution in [2.45, 2.75) is 31.2 Å². The van der Waals surface area contributed by atoms with E-state index in [1.165, 1.54) is 14.0 Å². The number of hydrogen-bond donors (Lipinski definition) is 3. The summed E-state index contributed by atoms with van der Waals surface area (Å²) < 4.78 is 4.73. The first-order valence-corrected chi connectivity index (χ1v) is 3.88. The fourth-order valence-corrected chi connectivity index (χ4v) is 0.927. The van der Waals surface area contributed by atoms with Gasteiger partial charge in [-0.1, -0.05) is 0 Å². The molecule has 0 aliphatic carbocycles. The largest absolute Gasteiger partial charge is 0.394 e. The number of aldehydes is 1. The van der Waals surface area contributed by atoms with E-state index in [1.54, 1.807) is 0 Å². The average Bonchev–Trinajstić information content (AvgIpc) is 2.06. The van der Waals surface area contributed by atoms with Crippen LogP contribution in [0.4, 0.5) is 0 Å². The highest BCUT2D eigenvalue weighted by Crippen LogP contribution is 2.25. The van der Waals surface area contributed by atoms with Gasteiger partial charge >= 0.3 is 0 Å². The van der Waals surface area contributed by atoms with Crippen LogP contribution < -0.4 is 0 Å². The predicted molar refractivity (Wildman–Crippen MR) is 45.2 cm³/mol. The maximum Gasteiger partial charge on any atom is 0.154 e. The molecule has 0 unspecified atom stereocenters. The van der Waals surface area contributed by atoms with Gasteiger partial charge in [0, 0.05) is 7.11 Å². The summed E-state index contributed by atoms with van der Waals surface area (Å²) in [4.78, 5) is 10.5. The van der Waals surface area contributed by atoms with Crippen molar-refractivity contribution in [3.05, 3.63) is 0 Å². The van der Waals surface area contributed by atoms with Crippen LogP contribution >= 0.6 is 0 Å². The molecule has 5 nitrogen and oxygen atoms in total. The first-order chi connectivity index (χ1) is 5.83. The molecule has 3 N–H and O–H groups in total. The van der Waals surface area contributed by atoms with E-state index in [0.717, 1.165) is 6.92 Å². The molecular weight excluding hydrogens is 176 g/mol. The summed E-state index contributed by atoms with van der Waals surface area (Å²) in [5.41, 5.74) is -3.77. The Morgan fingerprint density at radius 3 is 2.15 bits per heavy atom. The maximum absolute atomic E-state index is 10.5. The third-order valence-electron chi connectivity index (χ3n) is 2.33. The van der Waals surface area contributed by atoms with Gasteiger partial charge in [-0.3, -0.25) is 0 Å². The summed E-state index contributed by atoms with van der Waals surface area (Å²) >= 11 is 0. The van der Waals surface area contributed by atoms with Gasteiger partial charge in [0.2, 0.25) is 0 Å². The van der Waals surface area contributed by atoms with Crippen LogP contribution in [-0.4, -0.2) is 52.6 Å². The van der Waals surface area contributed by atoms with Crippen LogP contribution in [0.15, 0.2) is 0 Å². The molecule has 0 bridgehead atoms. The Morgan fingerprint density at radius 1 is 1.46 bits per heavy atom. The molecule has 0 amide bonds. The van der Waals surface area contributed by atoms with Gasteiger partial charge in [0.15, 0.2) is 6.29 Å². The Labute approximate surface area is 77.0 Å². The van der Waals surface area contributed by atoms with Crippen molar-refractivity contribution in [2.24, 2.45) is 0 Å². The Bertz CT molecular complexity index is 171. The van der Waals surface area contributed by atoms with Crippen molar-refractivity contribution in [3.8, 4) is 0 Å². The van der Waals surface area contributed by atoms with Crippen molar-refractivity contribution < 1.29 is 24.9 Å². The molecule has 0 radical (unpaired) electrons. The zero-order valence-electron chi connectivity index (χ0n) is 8.02. The highest BCUT2D eigenvalue weighted by molar-refractivity contribution is 5.64. The summed E-state index contributed by atoms with van der Waals surface area (Å²) in [5.74, 6) is 0. The van der Waals surface area contributed by atoms with Crippen molar-refractivity contribution in [2.75, 3.05) is 13.7 Å². The van der Waals surface area contributed by atoms with Crippen molar-refractivity contribution in [1.82, 2.24) is 0 Å². The van der Waals surface area contributed by atoms with E-state index in [4.69, 9.17) is 9.84 Å². The van der Waals surface area contributed by atoms with E-state index in [1.807, 2.05) is 0 Å². The van der Waals surface area contributed by atoms with Gasteiger partial charge < -0.3 is 24.9 Å². The molecule has 0 aliphatic rings. The number of carbonyl (C=O) groups excluding carboxylic acids is 1. The van der Waals surface area contributed by atoms with E-state index in [2.05, 4.69) is 0 Å². The summed E-state index contributed by atoms with van der Waals surface area (Å²) in [7, 11) is 1.27. The summed E-state index contributed by atoms with van der Waals surface area (Å²) in [6.07, 6.45) is -0.790. The number of rotatable bonds is 5. The van der Waals surface area contributed by atoms with Crippen molar-refractivity contribution >= 4 is 6.29 Å². The van der Waals surface area contributed by atoms with E-state index in [-0.39, 0.29) is 6.29 Å². The Hall–Kier alpha value is -0.490. The number of aliphatic hydroxyl groups excluding tert-OH is 1. The zero-order valence-corrected chi connectivity index (χ0v) is 8.02. The van der Waals surface area contributed by atoms with Gasteiger partial charge in [0.1, 0.15) is 17.3 Å². The molecule has 0 rings (SSSR count). The second kappa shape index (κ2) is 4.15. The minimum absolute atomic E-state index is 0.217. The molecule has 0 fully saturated rings. The lowest BCUT2D eigenvalue weighted by atomic mass is 9.82. The van der Waals surface area contributed by atoms with Crippen molar-refractivity contribution in [3.63, 3.8) is 0 Å². The number of hydrogen-bond acceptors (Lipinski definition) is 5. The number of methoxy groups -OCH3 is 1.